The van der Waals surface area contributed by atoms with Crippen molar-refractivity contribution in [2.75, 3.05) is 7.11 Å². The number of aryl methyl sites for hydroxylation is 1. The molecule has 26 heavy (non-hydrogen) atoms. The predicted molar refractivity (Wildman–Crippen MR) is 97.2 cm³/mol. The largest absolute Gasteiger partial charge is 0.496 e. The van der Waals surface area contributed by atoms with Crippen molar-refractivity contribution in [2.24, 2.45) is 0 Å². The van der Waals surface area contributed by atoms with E-state index < -0.39 is 5.97 Å². The number of pyridine rings is 1. The van der Waals surface area contributed by atoms with Gasteiger partial charge in [0.05, 0.1) is 18.4 Å². The van der Waals surface area contributed by atoms with E-state index in [1.54, 1.807) is 25.4 Å². The van der Waals surface area contributed by atoms with Gasteiger partial charge < -0.3 is 14.0 Å². The Labute approximate surface area is 155 Å². The van der Waals surface area contributed by atoms with Crippen molar-refractivity contribution < 1.29 is 18.8 Å². The van der Waals surface area contributed by atoms with E-state index in [4.69, 9.17) is 14.0 Å². The van der Waals surface area contributed by atoms with Crippen LogP contribution in [0.1, 0.15) is 27.4 Å². The first-order chi connectivity index (χ1) is 12.7. The standard InChI is InChI=1S/C19H18N2O4S/c1-13-10-15(21-25-13)12-26-18-16(7-5-9-20-18)19(22)24-11-14-6-3-4-8-17(14)23-2/h3-10H,11-12H2,1-2H3. The molecule has 2 aromatic heterocycles. The molecular formula is C19H18N2O4S. The van der Waals surface area contributed by atoms with Crippen LogP contribution in [0.5, 0.6) is 5.75 Å². The number of nitrogens with zero attached hydrogens (tertiary/aromatic N) is 2. The van der Waals surface area contributed by atoms with Crippen LogP contribution < -0.4 is 4.74 Å². The summed E-state index contributed by atoms with van der Waals surface area (Å²) in [5, 5.41) is 4.54. The number of hydrogen-bond donors (Lipinski definition) is 0. The van der Waals surface area contributed by atoms with Gasteiger partial charge in [-0.25, -0.2) is 9.78 Å². The molecule has 0 aliphatic carbocycles. The number of ether oxygens (including phenoxy) is 2. The molecule has 3 aromatic rings. The highest BCUT2D eigenvalue weighted by atomic mass is 32.2. The molecule has 0 N–H and O–H groups in total. The van der Waals surface area contributed by atoms with Gasteiger partial charge in [-0.1, -0.05) is 35.1 Å². The average molecular weight is 370 g/mol. The van der Waals surface area contributed by atoms with Crippen LogP contribution in [-0.2, 0) is 17.1 Å². The Hall–Kier alpha value is -2.80. The van der Waals surface area contributed by atoms with Gasteiger partial charge in [-0.15, -0.1) is 0 Å². The number of esters is 1. The minimum absolute atomic E-state index is 0.129. The van der Waals surface area contributed by atoms with Gasteiger partial charge in [0.2, 0.25) is 0 Å². The number of thioether (sulfide) groups is 1. The highest BCUT2D eigenvalue weighted by molar-refractivity contribution is 7.98. The Bertz CT molecular complexity index is 895. The summed E-state index contributed by atoms with van der Waals surface area (Å²) in [6.45, 7) is 1.97. The highest BCUT2D eigenvalue weighted by Gasteiger charge is 2.16. The van der Waals surface area contributed by atoms with Crippen LogP contribution in [-0.4, -0.2) is 23.2 Å². The fourth-order valence-electron chi connectivity index (χ4n) is 2.33. The minimum atomic E-state index is -0.428. The number of carbonyl (C=O) groups is 1. The molecule has 3 rings (SSSR count). The molecule has 0 radical (unpaired) electrons. The summed E-state index contributed by atoms with van der Waals surface area (Å²) >= 11 is 1.41. The monoisotopic (exact) mass is 370 g/mol. The van der Waals surface area contributed by atoms with E-state index in [1.165, 1.54) is 11.8 Å². The summed E-state index contributed by atoms with van der Waals surface area (Å²) in [4.78, 5) is 16.8. The molecule has 0 spiro atoms. The van der Waals surface area contributed by atoms with Gasteiger partial charge in [0.1, 0.15) is 23.1 Å². The molecule has 134 valence electrons. The quantitative estimate of drug-likeness (QED) is 0.459. The van der Waals surface area contributed by atoms with E-state index in [0.29, 0.717) is 22.1 Å². The Morgan fingerprint density at radius 3 is 2.85 bits per heavy atom. The van der Waals surface area contributed by atoms with E-state index in [9.17, 15) is 4.79 Å². The molecule has 7 heteroatoms. The van der Waals surface area contributed by atoms with Gasteiger partial charge in [-0.05, 0) is 25.1 Å². The summed E-state index contributed by atoms with van der Waals surface area (Å²) in [6.07, 6.45) is 1.65. The van der Waals surface area contributed by atoms with E-state index in [2.05, 4.69) is 10.1 Å². The molecule has 0 aliphatic heterocycles. The van der Waals surface area contributed by atoms with Gasteiger partial charge in [-0.2, -0.15) is 0 Å². The number of rotatable bonds is 7. The van der Waals surface area contributed by atoms with E-state index >= 15 is 0 Å². The van der Waals surface area contributed by atoms with Gasteiger partial charge in [0.25, 0.3) is 0 Å². The Balaban J connectivity index is 1.67. The number of carbonyl (C=O) groups excluding carboxylic acids is 1. The normalized spacial score (nSPS) is 10.5. The van der Waals surface area contributed by atoms with Crippen molar-refractivity contribution in [2.45, 2.75) is 24.3 Å². The molecule has 0 bridgehead atoms. The van der Waals surface area contributed by atoms with Crippen molar-refractivity contribution >= 4 is 17.7 Å². The van der Waals surface area contributed by atoms with Gasteiger partial charge in [0, 0.05) is 23.6 Å². The lowest BCUT2D eigenvalue weighted by molar-refractivity contribution is 0.0465. The second kappa shape index (κ2) is 8.53. The zero-order valence-corrected chi connectivity index (χ0v) is 15.3. The minimum Gasteiger partial charge on any atom is -0.496 e. The zero-order valence-electron chi connectivity index (χ0n) is 14.5. The first-order valence-electron chi connectivity index (χ1n) is 7.96. The van der Waals surface area contributed by atoms with Crippen LogP contribution >= 0.6 is 11.8 Å². The van der Waals surface area contributed by atoms with Crippen LogP contribution in [0.4, 0.5) is 0 Å². The zero-order chi connectivity index (χ0) is 18.4. The summed E-state index contributed by atoms with van der Waals surface area (Å²) < 4.78 is 15.8. The third-order valence-electron chi connectivity index (χ3n) is 3.58. The highest BCUT2D eigenvalue weighted by Crippen LogP contribution is 2.25. The maximum absolute atomic E-state index is 12.5. The number of aromatic nitrogens is 2. The summed E-state index contributed by atoms with van der Waals surface area (Å²) in [5.74, 6) is 1.56. The summed E-state index contributed by atoms with van der Waals surface area (Å²) in [7, 11) is 1.59. The SMILES string of the molecule is COc1ccccc1COC(=O)c1cccnc1SCc1cc(C)on1. The average Bonchev–Trinajstić information content (AvgIpc) is 3.10. The molecule has 2 heterocycles. The van der Waals surface area contributed by atoms with Crippen LogP contribution in [0.25, 0.3) is 0 Å². The van der Waals surface area contributed by atoms with E-state index in [-0.39, 0.29) is 6.61 Å². The van der Waals surface area contributed by atoms with Gasteiger partial charge in [0.15, 0.2) is 0 Å². The smallest absolute Gasteiger partial charge is 0.341 e. The first kappa shape index (κ1) is 18.0. The van der Waals surface area contributed by atoms with Crippen LogP contribution in [0, 0.1) is 6.92 Å². The van der Waals surface area contributed by atoms with E-state index in [0.717, 1.165) is 17.0 Å². The Morgan fingerprint density at radius 2 is 2.08 bits per heavy atom. The fraction of sp³-hybridized carbons (Fsp3) is 0.211. The topological polar surface area (TPSA) is 74.5 Å². The van der Waals surface area contributed by atoms with Crippen molar-refractivity contribution in [3.05, 3.63) is 71.2 Å². The molecule has 0 aliphatic rings. The third-order valence-corrected chi connectivity index (χ3v) is 4.61. The molecule has 1 aromatic carbocycles. The molecule has 0 unspecified atom stereocenters. The second-order valence-corrected chi connectivity index (χ2v) is 6.43. The van der Waals surface area contributed by atoms with E-state index in [1.807, 2.05) is 37.3 Å². The number of benzene rings is 1. The predicted octanol–water partition coefficient (Wildman–Crippen LogP) is 4.04. The molecule has 0 saturated heterocycles. The van der Waals surface area contributed by atoms with Crippen molar-refractivity contribution in [3.8, 4) is 5.75 Å². The maximum atomic E-state index is 12.5. The maximum Gasteiger partial charge on any atom is 0.341 e. The third kappa shape index (κ3) is 4.43. The van der Waals surface area contributed by atoms with Crippen LogP contribution in [0.3, 0.4) is 0 Å². The molecule has 0 saturated carbocycles. The molecule has 0 atom stereocenters. The van der Waals surface area contributed by atoms with Crippen molar-refractivity contribution in [3.63, 3.8) is 0 Å². The first-order valence-corrected chi connectivity index (χ1v) is 8.95. The van der Waals surface area contributed by atoms with Crippen LogP contribution in [0.2, 0.25) is 0 Å². The van der Waals surface area contributed by atoms with Crippen molar-refractivity contribution in [1.29, 1.82) is 0 Å². The summed E-state index contributed by atoms with van der Waals surface area (Å²) in [6, 6.07) is 12.7. The molecule has 0 fully saturated rings. The Kier molecular flexibility index (Phi) is 5.91. The number of methoxy groups -OCH3 is 1. The lowest BCUT2D eigenvalue weighted by Gasteiger charge is -2.10. The Morgan fingerprint density at radius 1 is 1.23 bits per heavy atom. The molecular weight excluding hydrogens is 352 g/mol. The lowest BCUT2D eigenvalue weighted by Crippen LogP contribution is -2.08. The summed E-state index contributed by atoms with van der Waals surface area (Å²) in [5.41, 5.74) is 2.03. The number of para-hydroxylation sites is 1. The fourth-order valence-corrected chi connectivity index (χ4v) is 3.20. The lowest BCUT2D eigenvalue weighted by atomic mass is 10.2. The number of hydrogen-bond acceptors (Lipinski definition) is 7. The second-order valence-electron chi connectivity index (χ2n) is 5.46. The molecule has 6 nitrogen and oxygen atoms in total. The van der Waals surface area contributed by atoms with Gasteiger partial charge >= 0.3 is 5.97 Å². The molecule has 0 amide bonds. The van der Waals surface area contributed by atoms with Gasteiger partial charge in [-0.3, -0.25) is 0 Å². The van der Waals surface area contributed by atoms with Crippen LogP contribution in [0.15, 0.2) is 58.2 Å². The van der Waals surface area contributed by atoms with Crippen molar-refractivity contribution in [1.82, 2.24) is 10.1 Å².